The third-order valence-corrected chi connectivity index (χ3v) is 3.59. The fourth-order valence-electron chi connectivity index (χ4n) is 1.31. The molecule has 0 aromatic rings. The second kappa shape index (κ2) is 4.59. The van der Waals surface area contributed by atoms with Gasteiger partial charge in [-0.25, -0.2) is 8.37 Å². The van der Waals surface area contributed by atoms with Gasteiger partial charge in [0.05, 0.1) is 0 Å². The summed E-state index contributed by atoms with van der Waals surface area (Å²) in [6.07, 6.45) is 2.16. The molecule has 1 rings (SSSR count). The van der Waals surface area contributed by atoms with Gasteiger partial charge in [0.2, 0.25) is 0 Å². The third-order valence-electron chi connectivity index (χ3n) is 2.69. The summed E-state index contributed by atoms with van der Waals surface area (Å²) in [4.78, 5) is 0. The molecule has 0 amide bonds. The van der Waals surface area contributed by atoms with E-state index in [1.807, 2.05) is 0 Å². The average Bonchev–Trinajstić information content (AvgIpc) is 2.00. The van der Waals surface area contributed by atoms with E-state index in [1.54, 1.807) is 0 Å². The second-order valence-electron chi connectivity index (χ2n) is 4.18. The molecule has 0 aromatic heterocycles. The Kier molecular flexibility index (Phi) is 3.92. The molecule has 0 saturated carbocycles. The molecule has 84 valence electrons. The summed E-state index contributed by atoms with van der Waals surface area (Å²) in [5, 5.41) is 0. The summed E-state index contributed by atoms with van der Waals surface area (Å²) in [5.74, 6) is 1.33. The van der Waals surface area contributed by atoms with Crippen molar-refractivity contribution >= 4 is 10.4 Å². The summed E-state index contributed by atoms with van der Waals surface area (Å²) in [7, 11) is -3.60. The third kappa shape index (κ3) is 3.55. The summed E-state index contributed by atoms with van der Waals surface area (Å²) in [6, 6.07) is 0. The molecule has 0 aliphatic carbocycles. The standard InChI is InChI=1S/C9H18O4S/c1-7(2)8(3)5-4-6-9-12-14(10,11)13-9/h7-9H,4-6H2,1-3H3. The average molecular weight is 222 g/mol. The van der Waals surface area contributed by atoms with Crippen molar-refractivity contribution in [3.8, 4) is 0 Å². The Bertz CT molecular complexity index is 259. The summed E-state index contributed by atoms with van der Waals surface area (Å²) >= 11 is 0. The van der Waals surface area contributed by atoms with E-state index in [0.29, 0.717) is 18.3 Å². The molecule has 14 heavy (non-hydrogen) atoms. The minimum Gasteiger partial charge on any atom is -0.215 e. The maximum absolute atomic E-state index is 10.5. The molecule has 1 fully saturated rings. The Balaban J connectivity index is 2.06. The lowest BCUT2D eigenvalue weighted by Crippen LogP contribution is -2.36. The SMILES string of the molecule is CC(C)C(C)CCCC1OS(=O)(=O)O1. The Labute approximate surface area is 85.9 Å². The first-order valence-corrected chi connectivity index (χ1v) is 6.35. The molecule has 1 unspecified atom stereocenters. The molecule has 0 N–H and O–H groups in total. The van der Waals surface area contributed by atoms with E-state index in [4.69, 9.17) is 0 Å². The quantitative estimate of drug-likeness (QED) is 0.714. The van der Waals surface area contributed by atoms with Crippen LogP contribution in [-0.4, -0.2) is 14.7 Å². The van der Waals surface area contributed by atoms with Crippen molar-refractivity contribution in [2.45, 2.75) is 46.3 Å². The van der Waals surface area contributed by atoms with Gasteiger partial charge in [0.1, 0.15) is 0 Å². The van der Waals surface area contributed by atoms with Crippen LogP contribution in [0.25, 0.3) is 0 Å². The molecule has 1 aliphatic heterocycles. The normalized spacial score (nSPS) is 23.4. The van der Waals surface area contributed by atoms with Gasteiger partial charge >= 0.3 is 10.4 Å². The highest BCUT2D eigenvalue weighted by molar-refractivity contribution is 7.82. The van der Waals surface area contributed by atoms with Crippen LogP contribution in [0.5, 0.6) is 0 Å². The highest BCUT2D eigenvalue weighted by atomic mass is 32.3. The fraction of sp³-hybridized carbons (Fsp3) is 1.00. The van der Waals surface area contributed by atoms with Crippen LogP contribution in [0.3, 0.4) is 0 Å². The first kappa shape index (κ1) is 11.9. The molecule has 1 saturated heterocycles. The second-order valence-corrected chi connectivity index (χ2v) is 5.38. The van der Waals surface area contributed by atoms with E-state index in [2.05, 4.69) is 29.1 Å². The van der Waals surface area contributed by atoms with E-state index in [9.17, 15) is 8.42 Å². The highest BCUT2D eigenvalue weighted by Gasteiger charge is 2.35. The van der Waals surface area contributed by atoms with E-state index >= 15 is 0 Å². The van der Waals surface area contributed by atoms with E-state index in [0.717, 1.165) is 12.8 Å². The van der Waals surface area contributed by atoms with Gasteiger partial charge in [-0.1, -0.05) is 27.2 Å². The van der Waals surface area contributed by atoms with Crippen LogP contribution in [0.4, 0.5) is 0 Å². The smallest absolute Gasteiger partial charge is 0.215 e. The Morgan fingerprint density at radius 1 is 1.21 bits per heavy atom. The lowest BCUT2D eigenvalue weighted by Gasteiger charge is -2.25. The molecule has 5 heteroatoms. The fourth-order valence-corrected chi connectivity index (χ4v) is 2.04. The molecular weight excluding hydrogens is 204 g/mol. The zero-order valence-electron chi connectivity index (χ0n) is 8.89. The van der Waals surface area contributed by atoms with Crippen molar-refractivity contribution in [3.63, 3.8) is 0 Å². The Morgan fingerprint density at radius 3 is 2.21 bits per heavy atom. The molecule has 0 spiro atoms. The van der Waals surface area contributed by atoms with Crippen molar-refractivity contribution in [2.75, 3.05) is 0 Å². The van der Waals surface area contributed by atoms with Crippen LogP contribution in [0.1, 0.15) is 40.0 Å². The molecule has 1 heterocycles. The van der Waals surface area contributed by atoms with Crippen molar-refractivity contribution in [2.24, 2.45) is 11.8 Å². The lowest BCUT2D eigenvalue weighted by atomic mass is 9.93. The van der Waals surface area contributed by atoms with Crippen LogP contribution < -0.4 is 0 Å². The van der Waals surface area contributed by atoms with Crippen LogP contribution in [-0.2, 0) is 18.8 Å². The first-order chi connectivity index (χ1) is 6.41. The van der Waals surface area contributed by atoms with Crippen molar-refractivity contribution in [1.82, 2.24) is 0 Å². The minimum atomic E-state index is -3.60. The van der Waals surface area contributed by atoms with Gasteiger partial charge in [0.25, 0.3) is 0 Å². The molecule has 1 atom stereocenters. The number of hydrogen-bond acceptors (Lipinski definition) is 4. The van der Waals surface area contributed by atoms with Gasteiger partial charge < -0.3 is 0 Å². The van der Waals surface area contributed by atoms with Gasteiger partial charge in [-0.05, 0) is 18.3 Å². The maximum Gasteiger partial charge on any atom is 0.404 e. The van der Waals surface area contributed by atoms with Crippen molar-refractivity contribution in [1.29, 1.82) is 0 Å². The highest BCUT2D eigenvalue weighted by Crippen LogP contribution is 2.25. The van der Waals surface area contributed by atoms with Gasteiger partial charge in [0.15, 0.2) is 6.29 Å². The van der Waals surface area contributed by atoms with Crippen LogP contribution >= 0.6 is 0 Å². The number of rotatable bonds is 5. The van der Waals surface area contributed by atoms with Crippen LogP contribution in [0.15, 0.2) is 0 Å². The molecule has 4 nitrogen and oxygen atoms in total. The van der Waals surface area contributed by atoms with Gasteiger partial charge in [0, 0.05) is 6.42 Å². The molecule has 0 aromatic carbocycles. The van der Waals surface area contributed by atoms with E-state index < -0.39 is 16.7 Å². The van der Waals surface area contributed by atoms with Crippen molar-refractivity contribution < 1.29 is 16.8 Å². The monoisotopic (exact) mass is 222 g/mol. The largest absolute Gasteiger partial charge is 0.404 e. The molecule has 1 aliphatic rings. The lowest BCUT2D eigenvalue weighted by molar-refractivity contribution is -0.0847. The minimum absolute atomic E-state index is 0.528. The van der Waals surface area contributed by atoms with Crippen LogP contribution in [0, 0.1) is 11.8 Å². The van der Waals surface area contributed by atoms with E-state index in [-0.39, 0.29) is 0 Å². The van der Waals surface area contributed by atoms with Gasteiger partial charge in [-0.15, -0.1) is 0 Å². The Hall–Kier alpha value is -0.130. The summed E-state index contributed by atoms with van der Waals surface area (Å²) < 4.78 is 30.0. The predicted octanol–water partition coefficient (Wildman–Crippen LogP) is 2.07. The molecule has 0 radical (unpaired) electrons. The summed E-state index contributed by atoms with van der Waals surface area (Å²) in [6.45, 7) is 6.57. The molecular formula is C9H18O4S. The number of hydrogen-bond donors (Lipinski definition) is 0. The van der Waals surface area contributed by atoms with E-state index in [1.165, 1.54) is 0 Å². The first-order valence-electron chi connectivity index (χ1n) is 5.02. The zero-order chi connectivity index (χ0) is 10.8. The molecule has 0 bridgehead atoms. The summed E-state index contributed by atoms with van der Waals surface area (Å²) in [5.41, 5.74) is 0. The zero-order valence-corrected chi connectivity index (χ0v) is 9.71. The van der Waals surface area contributed by atoms with Crippen molar-refractivity contribution in [3.05, 3.63) is 0 Å². The predicted molar refractivity (Wildman–Crippen MR) is 52.7 cm³/mol. The Morgan fingerprint density at radius 2 is 1.79 bits per heavy atom. The van der Waals surface area contributed by atoms with Crippen LogP contribution in [0.2, 0.25) is 0 Å². The van der Waals surface area contributed by atoms with Gasteiger partial charge in [-0.2, -0.15) is 8.42 Å². The van der Waals surface area contributed by atoms with Gasteiger partial charge in [-0.3, -0.25) is 0 Å². The maximum atomic E-state index is 10.5. The topological polar surface area (TPSA) is 52.6 Å².